The zero-order valence-corrected chi connectivity index (χ0v) is 20.0. The van der Waals surface area contributed by atoms with Crippen molar-refractivity contribution in [1.29, 1.82) is 0 Å². The molecule has 1 amide bonds. The molecule has 0 radical (unpaired) electrons. The van der Waals surface area contributed by atoms with E-state index in [1.807, 2.05) is 16.7 Å². The number of hydrogen-bond acceptors (Lipinski definition) is 4. The molecule has 0 bridgehead atoms. The SMILES string of the molecule is CC(C)c1nc2c(C(=O)NC(CC(=O)O)C3CCCCC3)cccn2c1NC1CCCCC1. The number of aliphatic carboxylic acids is 1. The number of carbonyl (C=O) groups is 2. The molecule has 180 valence electrons. The molecule has 4 rings (SSSR count). The summed E-state index contributed by atoms with van der Waals surface area (Å²) in [6.07, 6.45) is 13.3. The van der Waals surface area contributed by atoms with Crippen molar-refractivity contribution in [2.45, 2.75) is 102 Å². The summed E-state index contributed by atoms with van der Waals surface area (Å²) in [7, 11) is 0. The van der Waals surface area contributed by atoms with Crippen LogP contribution < -0.4 is 10.6 Å². The summed E-state index contributed by atoms with van der Waals surface area (Å²) in [5, 5.41) is 16.3. The third-order valence-corrected chi connectivity index (χ3v) is 7.34. The standard InChI is InChI=1S/C26H38N4O3/c1-17(2)23-25(27-19-12-7-4-8-13-19)30-15-9-14-20(24(30)29-23)26(33)28-21(16-22(31)32)18-10-5-3-6-11-18/h9,14-15,17-19,21,27H,3-8,10-13,16H2,1-2H3,(H,28,33)(H,31,32). The van der Waals surface area contributed by atoms with Gasteiger partial charge in [0.25, 0.3) is 5.91 Å². The molecule has 0 aliphatic heterocycles. The zero-order valence-electron chi connectivity index (χ0n) is 20.0. The molecule has 0 spiro atoms. The fourth-order valence-electron chi connectivity index (χ4n) is 5.56. The molecule has 2 aromatic rings. The van der Waals surface area contributed by atoms with Crippen molar-refractivity contribution in [2.24, 2.45) is 5.92 Å². The second-order valence-corrected chi connectivity index (χ2v) is 10.2. The molecule has 1 atom stereocenters. The highest BCUT2D eigenvalue weighted by Crippen LogP contribution is 2.31. The summed E-state index contributed by atoms with van der Waals surface area (Å²) in [4.78, 5) is 29.8. The van der Waals surface area contributed by atoms with Gasteiger partial charge in [0.05, 0.1) is 17.7 Å². The molecule has 1 unspecified atom stereocenters. The van der Waals surface area contributed by atoms with E-state index in [1.54, 1.807) is 6.07 Å². The summed E-state index contributed by atoms with van der Waals surface area (Å²) in [6.45, 7) is 4.25. The Morgan fingerprint density at radius 1 is 1.09 bits per heavy atom. The van der Waals surface area contributed by atoms with E-state index < -0.39 is 5.97 Å². The summed E-state index contributed by atoms with van der Waals surface area (Å²) < 4.78 is 2.01. The largest absolute Gasteiger partial charge is 0.481 e. The van der Waals surface area contributed by atoms with Crippen LogP contribution in [0.3, 0.4) is 0 Å². The number of carbonyl (C=O) groups excluding carboxylic acids is 1. The maximum Gasteiger partial charge on any atom is 0.305 e. The molecule has 7 nitrogen and oxygen atoms in total. The minimum absolute atomic E-state index is 0.0420. The van der Waals surface area contributed by atoms with Crippen LogP contribution in [0.4, 0.5) is 5.82 Å². The zero-order chi connectivity index (χ0) is 23.4. The molecule has 2 heterocycles. The van der Waals surface area contributed by atoms with Crippen molar-refractivity contribution in [2.75, 3.05) is 5.32 Å². The van der Waals surface area contributed by atoms with Crippen LogP contribution in [0.1, 0.15) is 106 Å². The number of aromatic nitrogens is 2. The van der Waals surface area contributed by atoms with Crippen LogP contribution in [0.5, 0.6) is 0 Å². The Kier molecular flexibility index (Phi) is 7.56. The highest BCUT2D eigenvalue weighted by Gasteiger charge is 2.29. The summed E-state index contributed by atoms with van der Waals surface area (Å²) in [6, 6.07) is 3.76. The number of carboxylic acid groups (broad SMARTS) is 1. The fourth-order valence-corrected chi connectivity index (χ4v) is 5.56. The first kappa shape index (κ1) is 23.6. The van der Waals surface area contributed by atoms with Gasteiger partial charge in [-0.3, -0.25) is 14.0 Å². The lowest BCUT2D eigenvalue weighted by Crippen LogP contribution is -2.42. The number of amides is 1. The second-order valence-electron chi connectivity index (χ2n) is 10.2. The Balaban J connectivity index is 1.63. The van der Waals surface area contributed by atoms with Gasteiger partial charge in [-0.25, -0.2) is 4.98 Å². The van der Waals surface area contributed by atoms with E-state index in [2.05, 4.69) is 24.5 Å². The number of fused-ring (bicyclic) bond motifs is 1. The van der Waals surface area contributed by atoms with Gasteiger partial charge in [-0.05, 0) is 49.7 Å². The molecule has 2 fully saturated rings. The van der Waals surface area contributed by atoms with Gasteiger partial charge in [0, 0.05) is 18.3 Å². The minimum atomic E-state index is -0.869. The van der Waals surface area contributed by atoms with Crippen LogP contribution in [0.25, 0.3) is 5.65 Å². The normalized spacial score (nSPS) is 19.0. The quantitative estimate of drug-likeness (QED) is 0.499. The Hall–Kier alpha value is -2.57. The van der Waals surface area contributed by atoms with Crippen LogP contribution >= 0.6 is 0 Å². The number of rotatable bonds is 8. The van der Waals surface area contributed by atoms with Gasteiger partial charge in [0.15, 0.2) is 5.65 Å². The van der Waals surface area contributed by atoms with E-state index in [0.29, 0.717) is 17.3 Å². The predicted octanol–water partition coefficient (Wildman–Crippen LogP) is 5.36. The van der Waals surface area contributed by atoms with Gasteiger partial charge in [-0.15, -0.1) is 0 Å². The maximum atomic E-state index is 13.4. The molecule has 2 saturated carbocycles. The van der Waals surface area contributed by atoms with E-state index in [-0.39, 0.29) is 30.2 Å². The molecule has 2 aliphatic rings. The number of imidazole rings is 1. The Morgan fingerprint density at radius 3 is 2.39 bits per heavy atom. The first-order chi connectivity index (χ1) is 15.9. The van der Waals surface area contributed by atoms with Gasteiger partial charge in [0.2, 0.25) is 0 Å². The summed E-state index contributed by atoms with van der Waals surface area (Å²) in [5.74, 6) is 0.311. The smallest absolute Gasteiger partial charge is 0.305 e. The Morgan fingerprint density at radius 2 is 1.76 bits per heavy atom. The summed E-state index contributed by atoms with van der Waals surface area (Å²) >= 11 is 0. The van der Waals surface area contributed by atoms with Crippen molar-refractivity contribution in [3.63, 3.8) is 0 Å². The molecular weight excluding hydrogens is 416 g/mol. The van der Waals surface area contributed by atoms with Crippen LogP contribution in [0.15, 0.2) is 18.3 Å². The van der Waals surface area contributed by atoms with E-state index in [9.17, 15) is 14.7 Å². The van der Waals surface area contributed by atoms with Gasteiger partial charge < -0.3 is 15.7 Å². The number of carboxylic acids is 1. The molecule has 2 aliphatic carbocycles. The number of nitrogens with one attached hydrogen (secondary N) is 2. The third-order valence-electron chi connectivity index (χ3n) is 7.34. The topological polar surface area (TPSA) is 95.7 Å². The van der Waals surface area contributed by atoms with Crippen LogP contribution in [-0.2, 0) is 4.79 Å². The van der Waals surface area contributed by atoms with E-state index in [0.717, 1.165) is 50.0 Å². The van der Waals surface area contributed by atoms with Gasteiger partial charge in [-0.2, -0.15) is 0 Å². The molecule has 33 heavy (non-hydrogen) atoms. The lowest BCUT2D eigenvalue weighted by atomic mass is 9.82. The molecule has 3 N–H and O–H groups in total. The molecular formula is C26H38N4O3. The van der Waals surface area contributed by atoms with Crippen molar-refractivity contribution in [3.05, 3.63) is 29.6 Å². The molecule has 0 saturated heterocycles. The molecule has 2 aromatic heterocycles. The van der Waals surface area contributed by atoms with Crippen molar-refractivity contribution < 1.29 is 14.7 Å². The van der Waals surface area contributed by atoms with Crippen LogP contribution in [0, 0.1) is 5.92 Å². The number of pyridine rings is 1. The Labute approximate surface area is 196 Å². The molecule has 7 heteroatoms. The fraction of sp³-hybridized carbons (Fsp3) is 0.654. The Bertz CT molecular complexity index is 971. The monoisotopic (exact) mass is 454 g/mol. The minimum Gasteiger partial charge on any atom is -0.481 e. The highest BCUT2D eigenvalue weighted by atomic mass is 16.4. The van der Waals surface area contributed by atoms with E-state index >= 15 is 0 Å². The first-order valence-electron chi connectivity index (χ1n) is 12.7. The van der Waals surface area contributed by atoms with Crippen LogP contribution in [0.2, 0.25) is 0 Å². The maximum absolute atomic E-state index is 13.4. The first-order valence-corrected chi connectivity index (χ1v) is 12.7. The van der Waals surface area contributed by atoms with Gasteiger partial charge >= 0.3 is 5.97 Å². The van der Waals surface area contributed by atoms with Crippen LogP contribution in [-0.4, -0.2) is 38.5 Å². The number of nitrogens with zero attached hydrogens (tertiary/aromatic N) is 2. The average Bonchev–Trinajstić information content (AvgIpc) is 3.18. The third kappa shape index (κ3) is 5.50. The van der Waals surface area contributed by atoms with Gasteiger partial charge in [0.1, 0.15) is 5.82 Å². The van der Waals surface area contributed by atoms with E-state index in [4.69, 9.17) is 4.98 Å². The molecule has 0 aromatic carbocycles. The number of hydrogen-bond donors (Lipinski definition) is 3. The lowest BCUT2D eigenvalue weighted by molar-refractivity contribution is -0.137. The predicted molar refractivity (Wildman–Crippen MR) is 130 cm³/mol. The lowest BCUT2D eigenvalue weighted by Gasteiger charge is -2.30. The van der Waals surface area contributed by atoms with E-state index in [1.165, 1.54) is 25.7 Å². The van der Waals surface area contributed by atoms with Crippen molar-refractivity contribution >= 4 is 23.3 Å². The van der Waals surface area contributed by atoms with Gasteiger partial charge in [-0.1, -0.05) is 52.4 Å². The summed E-state index contributed by atoms with van der Waals surface area (Å²) in [5.41, 5.74) is 2.10. The highest BCUT2D eigenvalue weighted by molar-refractivity contribution is 6.00. The number of anilines is 1. The van der Waals surface area contributed by atoms with Crippen molar-refractivity contribution in [3.8, 4) is 0 Å². The van der Waals surface area contributed by atoms with Crippen molar-refractivity contribution in [1.82, 2.24) is 14.7 Å². The average molecular weight is 455 g/mol. The second kappa shape index (κ2) is 10.6.